The third-order valence-corrected chi connectivity index (χ3v) is 8.69. The Labute approximate surface area is 182 Å². The van der Waals surface area contributed by atoms with Crippen LogP contribution in [-0.4, -0.2) is 63.5 Å². The largest absolute Gasteiger partial charge is 0.334 e. The first-order valence-electron chi connectivity index (χ1n) is 11.1. The molecule has 170 valence electrons. The molecule has 2 saturated heterocycles. The van der Waals surface area contributed by atoms with Gasteiger partial charge in [-0.3, -0.25) is 14.7 Å². The molecule has 2 fully saturated rings. The summed E-state index contributed by atoms with van der Waals surface area (Å²) in [6.45, 7) is 6.70. The summed E-state index contributed by atoms with van der Waals surface area (Å²) in [6.07, 6.45) is 3.88. The van der Waals surface area contributed by atoms with Gasteiger partial charge in [-0.25, -0.2) is 22.2 Å². The number of H-pyrrole nitrogens is 1. The van der Waals surface area contributed by atoms with E-state index in [0.29, 0.717) is 49.4 Å². The van der Waals surface area contributed by atoms with E-state index in [0.717, 1.165) is 25.0 Å². The summed E-state index contributed by atoms with van der Waals surface area (Å²) in [5.41, 5.74) is 2.59. The van der Waals surface area contributed by atoms with E-state index in [1.54, 1.807) is 13.8 Å². The van der Waals surface area contributed by atoms with Crippen molar-refractivity contribution in [3.8, 4) is 0 Å². The maximum atomic E-state index is 13.4. The Balaban J connectivity index is 1.56. The van der Waals surface area contributed by atoms with Crippen LogP contribution in [-0.2, 0) is 14.8 Å². The van der Waals surface area contributed by atoms with Gasteiger partial charge in [-0.15, -0.1) is 0 Å². The molecule has 0 saturated carbocycles. The average molecular weight is 450 g/mol. The molecule has 10 heteroatoms. The zero-order valence-corrected chi connectivity index (χ0v) is 19.2. The third kappa shape index (κ3) is 4.03. The number of fused-ring (bicyclic) bond motifs is 1. The number of carbonyl (C=O) groups is 1. The van der Waals surface area contributed by atoms with E-state index in [9.17, 15) is 18.0 Å². The summed E-state index contributed by atoms with van der Waals surface area (Å²) in [7, 11) is -3.21. The van der Waals surface area contributed by atoms with Crippen LogP contribution in [0.25, 0.3) is 5.65 Å². The van der Waals surface area contributed by atoms with E-state index in [2.05, 4.69) is 10.1 Å². The molecule has 2 aromatic rings. The standard InChI is InChI=1S/C21H31N5O4S/c1-4-31(29,30)24-11-8-16(9-12-24)21(28)25-10-6-5-7-18(25)17-13-19-22-15(3)14(2)20(27)26(19)23-17/h13,16,18,23H,4-12H2,1-3H3. The second kappa shape index (κ2) is 8.38. The number of hydrogen-bond acceptors (Lipinski definition) is 5. The molecule has 0 spiro atoms. The van der Waals surface area contributed by atoms with Gasteiger partial charge in [0, 0.05) is 42.9 Å². The van der Waals surface area contributed by atoms with E-state index < -0.39 is 10.0 Å². The summed E-state index contributed by atoms with van der Waals surface area (Å²) >= 11 is 0. The number of nitrogens with zero attached hydrogens (tertiary/aromatic N) is 4. The molecule has 0 radical (unpaired) electrons. The number of aromatic amines is 1. The van der Waals surface area contributed by atoms with Crippen molar-refractivity contribution in [3.63, 3.8) is 0 Å². The molecule has 4 rings (SSSR count). The minimum Gasteiger partial charge on any atom is -0.334 e. The molecular formula is C21H31N5O4S. The summed E-state index contributed by atoms with van der Waals surface area (Å²) in [5.74, 6) is 0.00945. The highest BCUT2D eigenvalue weighted by atomic mass is 32.2. The van der Waals surface area contributed by atoms with Crippen molar-refractivity contribution >= 4 is 21.6 Å². The SMILES string of the molecule is CCS(=O)(=O)N1CCC(C(=O)N2CCCCC2c2cc3nc(C)c(C)c(=O)n3[nH]2)CC1. The van der Waals surface area contributed by atoms with Crippen LogP contribution in [0.2, 0.25) is 0 Å². The molecule has 2 aromatic heterocycles. The van der Waals surface area contributed by atoms with Crippen molar-refractivity contribution in [2.24, 2.45) is 5.92 Å². The van der Waals surface area contributed by atoms with Crippen LogP contribution in [0.5, 0.6) is 0 Å². The lowest BCUT2D eigenvalue weighted by Crippen LogP contribution is -2.47. The third-order valence-electron chi connectivity index (χ3n) is 6.81. The highest BCUT2D eigenvalue weighted by Crippen LogP contribution is 2.33. The van der Waals surface area contributed by atoms with Crippen LogP contribution in [0, 0.1) is 19.8 Å². The summed E-state index contributed by atoms with van der Waals surface area (Å²) < 4.78 is 27.2. The summed E-state index contributed by atoms with van der Waals surface area (Å²) in [6, 6.07) is 1.75. The first-order valence-corrected chi connectivity index (χ1v) is 12.7. The fraction of sp³-hybridized carbons (Fsp3) is 0.667. The number of carbonyl (C=O) groups excluding carboxylic acids is 1. The number of sulfonamides is 1. The Bertz CT molecular complexity index is 1140. The predicted octanol–water partition coefficient (Wildman–Crippen LogP) is 1.75. The molecule has 31 heavy (non-hydrogen) atoms. The average Bonchev–Trinajstić information content (AvgIpc) is 3.21. The molecule has 0 aliphatic carbocycles. The normalized spacial score (nSPS) is 21.6. The lowest BCUT2D eigenvalue weighted by atomic mass is 9.92. The molecule has 2 aliphatic heterocycles. The molecule has 1 atom stereocenters. The molecule has 0 aromatic carbocycles. The van der Waals surface area contributed by atoms with E-state index in [4.69, 9.17) is 0 Å². The van der Waals surface area contributed by atoms with Crippen molar-refractivity contribution < 1.29 is 13.2 Å². The van der Waals surface area contributed by atoms with Crippen molar-refractivity contribution in [1.29, 1.82) is 0 Å². The minimum atomic E-state index is -3.21. The van der Waals surface area contributed by atoms with Gasteiger partial charge in [0.05, 0.1) is 17.5 Å². The van der Waals surface area contributed by atoms with Crippen LogP contribution in [0.4, 0.5) is 0 Å². The van der Waals surface area contributed by atoms with E-state index in [-0.39, 0.29) is 29.2 Å². The summed E-state index contributed by atoms with van der Waals surface area (Å²) in [5, 5.41) is 3.18. The van der Waals surface area contributed by atoms with Crippen LogP contribution >= 0.6 is 0 Å². The number of rotatable bonds is 4. The fourth-order valence-corrected chi connectivity index (χ4v) is 5.86. The fourth-order valence-electron chi connectivity index (χ4n) is 4.72. The Hall–Kier alpha value is -2.20. The lowest BCUT2D eigenvalue weighted by Gasteiger charge is -2.39. The van der Waals surface area contributed by atoms with Gasteiger partial charge in [-0.1, -0.05) is 0 Å². The topological polar surface area (TPSA) is 108 Å². The van der Waals surface area contributed by atoms with Gasteiger partial charge in [-0.05, 0) is 52.9 Å². The predicted molar refractivity (Wildman–Crippen MR) is 117 cm³/mol. The molecule has 0 bridgehead atoms. The first-order chi connectivity index (χ1) is 14.7. The number of hydrogen-bond donors (Lipinski definition) is 1. The quantitative estimate of drug-likeness (QED) is 0.765. The zero-order valence-electron chi connectivity index (χ0n) is 18.4. The van der Waals surface area contributed by atoms with E-state index in [1.807, 2.05) is 17.9 Å². The van der Waals surface area contributed by atoms with E-state index in [1.165, 1.54) is 8.82 Å². The van der Waals surface area contributed by atoms with Crippen molar-refractivity contribution in [2.75, 3.05) is 25.4 Å². The number of aromatic nitrogens is 3. The van der Waals surface area contributed by atoms with Gasteiger partial charge in [0.2, 0.25) is 15.9 Å². The highest BCUT2D eigenvalue weighted by molar-refractivity contribution is 7.89. The van der Waals surface area contributed by atoms with Gasteiger partial charge in [0.1, 0.15) is 0 Å². The van der Waals surface area contributed by atoms with E-state index >= 15 is 0 Å². The second-order valence-corrected chi connectivity index (χ2v) is 10.9. The van der Waals surface area contributed by atoms with Gasteiger partial charge in [0.25, 0.3) is 5.56 Å². The molecule has 4 heterocycles. The second-order valence-electron chi connectivity index (χ2n) is 8.65. The Morgan fingerprint density at radius 3 is 2.55 bits per heavy atom. The summed E-state index contributed by atoms with van der Waals surface area (Å²) in [4.78, 5) is 32.5. The first kappa shape index (κ1) is 22.0. The number of amides is 1. The van der Waals surface area contributed by atoms with Crippen LogP contribution < -0.4 is 5.56 Å². The van der Waals surface area contributed by atoms with Crippen LogP contribution in [0.15, 0.2) is 10.9 Å². The Morgan fingerprint density at radius 1 is 1.16 bits per heavy atom. The minimum absolute atomic E-state index is 0.0876. The molecule has 2 aliphatic rings. The van der Waals surface area contributed by atoms with Gasteiger partial charge in [-0.2, -0.15) is 0 Å². The maximum absolute atomic E-state index is 13.4. The number of aryl methyl sites for hydroxylation is 1. The highest BCUT2D eigenvalue weighted by Gasteiger charge is 2.36. The lowest BCUT2D eigenvalue weighted by molar-refractivity contribution is -0.140. The Kier molecular flexibility index (Phi) is 5.95. The maximum Gasteiger partial charge on any atom is 0.275 e. The van der Waals surface area contributed by atoms with Crippen LogP contribution in [0.3, 0.4) is 0 Å². The molecule has 1 N–H and O–H groups in total. The number of likely N-dealkylation sites (tertiary alicyclic amines) is 1. The monoisotopic (exact) mass is 449 g/mol. The van der Waals surface area contributed by atoms with Gasteiger partial charge >= 0.3 is 0 Å². The van der Waals surface area contributed by atoms with Crippen molar-refractivity contribution in [3.05, 3.63) is 33.4 Å². The molecule has 1 unspecified atom stereocenters. The molecule has 9 nitrogen and oxygen atoms in total. The van der Waals surface area contributed by atoms with Crippen molar-refractivity contribution in [2.45, 2.75) is 58.9 Å². The van der Waals surface area contributed by atoms with Crippen molar-refractivity contribution in [1.82, 2.24) is 23.8 Å². The molecular weight excluding hydrogens is 418 g/mol. The smallest absolute Gasteiger partial charge is 0.275 e. The zero-order chi connectivity index (χ0) is 22.3. The van der Waals surface area contributed by atoms with Crippen LogP contribution in [0.1, 0.15) is 62.0 Å². The Morgan fingerprint density at radius 2 is 1.87 bits per heavy atom. The van der Waals surface area contributed by atoms with Gasteiger partial charge in [0.15, 0.2) is 5.65 Å². The molecule has 1 amide bonds. The van der Waals surface area contributed by atoms with Gasteiger partial charge < -0.3 is 4.90 Å². The number of nitrogens with one attached hydrogen (secondary N) is 1. The number of piperidine rings is 2.